The zero-order valence-electron chi connectivity index (χ0n) is 16.2. The van der Waals surface area contributed by atoms with Gasteiger partial charge in [-0.3, -0.25) is 0 Å². The minimum Gasteiger partial charge on any atom is -0.394 e. The molecule has 2 rings (SSSR count). The number of rotatable bonds is 10. The highest BCUT2D eigenvalue weighted by molar-refractivity contribution is 5.25. The number of aliphatic hydroxyl groups excluding tert-OH is 3. The zero-order chi connectivity index (χ0) is 19.0. The van der Waals surface area contributed by atoms with E-state index in [1.807, 2.05) is 12.1 Å². The molecule has 1 saturated carbocycles. The van der Waals surface area contributed by atoms with Gasteiger partial charge in [-0.15, -0.1) is 0 Å². The molecule has 1 aliphatic carbocycles. The van der Waals surface area contributed by atoms with E-state index in [0.717, 1.165) is 23.8 Å². The quantitative estimate of drug-likeness (QED) is 0.513. The molecule has 1 atom stereocenters. The minimum absolute atomic E-state index is 0.140. The first kappa shape index (κ1) is 21.4. The second-order valence-corrected chi connectivity index (χ2v) is 8.37. The van der Waals surface area contributed by atoms with Gasteiger partial charge in [0.05, 0.1) is 24.9 Å². The smallest absolute Gasteiger partial charge is 0.0809 e. The van der Waals surface area contributed by atoms with Gasteiger partial charge in [-0.25, -0.2) is 0 Å². The summed E-state index contributed by atoms with van der Waals surface area (Å²) in [6, 6.07) is 8.08. The topological polar surface area (TPSA) is 86.7 Å². The Labute approximate surface area is 158 Å². The van der Waals surface area contributed by atoms with Crippen molar-refractivity contribution in [1.29, 1.82) is 0 Å². The Morgan fingerprint density at radius 1 is 1.04 bits per heavy atom. The lowest BCUT2D eigenvalue weighted by molar-refractivity contribution is 0.0618. The Balaban J connectivity index is 1.82. The fourth-order valence-corrected chi connectivity index (χ4v) is 4.11. The lowest BCUT2D eigenvalue weighted by Crippen LogP contribution is -2.48. The third kappa shape index (κ3) is 6.34. The predicted octanol–water partition coefficient (Wildman–Crippen LogP) is 3.33. The van der Waals surface area contributed by atoms with Crippen molar-refractivity contribution in [2.45, 2.75) is 76.4 Å². The number of nitrogens with two attached hydrogens (primary N) is 1. The first-order valence-corrected chi connectivity index (χ1v) is 10.3. The van der Waals surface area contributed by atoms with Crippen molar-refractivity contribution in [3.8, 4) is 0 Å². The van der Waals surface area contributed by atoms with Gasteiger partial charge >= 0.3 is 0 Å². The standard InChI is InChI=1S/C22H37NO3/c1-2-3-4-17-5-7-18(8-6-17)13-19-9-11-20(12-10-19)21(26)14-22(23,15-24)16-25/h9-12,17-18,21,24-26H,2-8,13-16,23H2,1H3. The second-order valence-electron chi connectivity index (χ2n) is 8.37. The van der Waals surface area contributed by atoms with Crippen molar-refractivity contribution in [2.24, 2.45) is 17.6 Å². The molecule has 0 aromatic heterocycles. The summed E-state index contributed by atoms with van der Waals surface area (Å²) in [4.78, 5) is 0. The highest BCUT2D eigenvalue weighted by Gasteiger charge is 2.27. The highest BCUT2D eigenvalue weighted by Crippen LogP contribution is 2.34. The van der Waals surface area contributed by atoms with E-state index in [9.17, 15) is 15.3 Å². The van der Waals surface area contributed by atoms with Gasteiger partial charge in [0.15, 0.2) is 0 Å². The number of hydrogen-bond acceptors (Lipinski definition) is 4. The van der Waals surface area contributed by atoms with Crippen LogP contribution in [0.1, 0.15) is 75.5 Å². The molecule has 0 heterocycles. The highest BCUT2D eigenvalue weighted by atomic mass is 16.3. The Bertz CT molecular complexity index is 505. The van der Waals surface area contributed by atoms with E-state index in [2.05, 4.69) is 19.1 Å². The monoisotopic (exact) mass is 363 g/mol. The van der Waals surface area contributed by atoms with E-state index in [0.29, 0.717) is 0 Å². The van der Waals surface area contributed by atoms with Crippen molar-refractivity contribution in [3.63, 3.8) is 0 Å². The molecule has 0 spiro atoms. The van der Waals surface area contributed by atoms with E-state index in [4.69, 9.17) is 5.73 Å². The van der Waals surface area contributed by atoms with Crippen LogP contribution in [0.2, 0.25) is 0 Å². The Kier molecular flexibility index (Phi) is 8.55. The lowest BCUT2D eigenvalue weighted by Gasteiger charge is -2.29. The van der Waals surface area contributed by atoms with Crippen LogP contribution in [0.4, 0.5) is 0 Å². The summed E-state index contributed by atoms with van der Waals surface area (Å²) >= 11 is 0. The number of aliphatic hydroxyl groups is 3. The average molecular weight is 364 g/mol. The van der Waals surface area contributed by atoms with E-state index >= 15 is 0 Å². The maximum Gasteiger partial charge on any atom is 0.0809 e. The van der Waals surface area contributed by atoms with Gasteiger partial charge in [-0.1, -0.05) is 63.3 Å². The number of hydrogen-bond donors (Lipinski definition) is 4. The fourth-order valence-electron chi connectivity index (χ4n) is 4.11. The summed E-state index contributed by atoms with van der Waals surface area (Å²) < 4.78 is 0. The second kappa shape index (κ2) is 10.4. The molecule has 4 heteroatoms. The molecule has 0 radical (unpaired) electrons. The normalized spacial score (nSPS) is 22.3. The maximum atomic E-state index is 10.3. The van der Waals surface area contributed by atoms with Crippen LogP contribution in [0.3, 0.4) is 0 Å². The van der Waals surface area contributed by atoms with Crippen LogP contribution in [-0.4, -0.2) is 34.1 Å². The Hall–Kier alpha value is -0.940. The summed E-state index contributed by atoms with van der Waals surface area (Å²) in [5, 5.41) is 28.9. The molecule has 1 aromatic carbocycles. The number of benzene rings is 1. The van der Waals surface area contributed by atoms with Gasteiger partial charge in [0.25, 0.3) is 0 Å². The minimum atomic E-state index is -1.14. The molecule has 0 saturated heterocycles. The summed E-state index contributed by atoms with van der Waals surface area (Å²) in [5.74, 6) is 1.72. The zero-order valence-corrected chi connectivity index (χ0v) is 16.2. The molecule has 5 N–H and O–H groups in total. The van der Waals surface area contributed by atoms with Gasteiger partial charge in [0.1, 0.15) is 0 Å². The van der Waals surface area contributed by atoms with Crippen LogP contribution in [0, 0.1) is 11.8 Å². The van der Waals surface area contributed by atoms with E-state index in [1.165, 1.54) is 50.5 Å². The summed E-state index contributed by atoms with van der Waals surface area (Å²) in [7, 11) is 0. The molecule has 26 heavy (non-hydrogen) atoms. The SMILES string of the molecule is CCCCC1CCC(Cc2ccc(C(O)CC(N)(CO)CO)cc2)CC1. The predicted molar refractivity (Wildman–Crippen MR) is 106 cm³/mol. The van der Waals surface area contributed by atoms with Crippen LogP contribution in [0.15, 0.2) is 24.3 Å². The summed E-state index contributed by atoms with van der Waals surface area (Å²) in [5.41, 5.74) is 6.83. The lowest BCUT2D eigenvalue weighted by atomic mass is 9.77. The van der Waals surface area contributed by atoms with Crippen molar-refractivity contribution < 1.29 is 15.3 Å². The van der Waals surface area contributed by atoms with Gasteiger partial charge in [0.2, 0.25) is 0 Å². The maximum absolute atomic E-state index is 10.3. The van der Waals surface area contributed by atoms with Gasteiger partial charge < -0.3 is 21.1 Å². The van der Waals surface area contributed by atoms with Crippen LogP contribution >= 0.6 is 0 Å². The first-order valence-electron chi connectivity index (χ1n) is 10.3. The summed E-state index contributed by atoms with van der Waals surface area (Å²) in [6.07, 6.45) is 9.98. The molecule has 148 valence electrons. The Morgan fingerprint density at radius 3 is 2.15 bits per heavy atom. The molecule has 0 amide bonds. The van der Waals surface area contributed by atoms with E-state index < -0.39 is 11.6 Å². The Morgan fingerprint density at radius 2 is 1.62 bits per heavy atom. The fraction of sp³-hybridized carbons (Fsp3) is 0.727. The van der Waals surface area contributed by atoms with Crippen LogP contribution in [0.25, 0.3) is 0 Å². The number of unbranched alkanes of at least 4 members (excludes halogenated alkanes) is 1. The third-order valence-corrected chi connectivity index (χ3v) is 6.05. The van der Waals surface area contributed by atoms with Crippen molar-refractivity contribution >= 4 is 0 Å². The molecule has 1 unspecified atom stereocenters. The third-order valence-electron chi connectivity index (χ3n) is 6.05. The molecule has 0 bridgehead atoms. The largest absolute Gasteiger partial charge is 0.394 e. The average Bonchev–Trinajstić information content (AvgIpc) is 2.68. The van der Waals surface area contributed by atoms with Crippen molar-refractivity contribution in [2.75, 3.05) is 13.2 Å². The molecular formula is C22H37NO3. The molecule has 1 aliphatic rings. The van der Waals surface area contributed by atoms with Gasteiger partial charge in [0, 0.05) is 0 Å². The summed E-state index contributed by atoms with van der Waals surface area (Å²) in [6.45, 7) is 1.58. The van der Waals surface area contributed by atoms with Crippen LogP contribution in [-0.2, 0) is 6.42 Å². The first-order chi connectivity index (χ1) is 12.5. The van der Waals surface area contributed by atoms with Crippen molar-refractivity contribution in [3.05, 3.63) is 35.4 Å². The molecule has 4 nitrogen and oxygen atoms in total. The van der Waals surface area contributed by atoms with Crippen LogP contribution in [0.5, 0.6) is 0 Å². The van der Waals surface area contributed by atoms with Crippen LogP contribution < -0.4 is 5.73 Å². The van der Waals surface area contributed by atoms with E-state index in [1.54, 1.807) is 0 Å². The van der Waals surface area contributed by atoms with Gasteiger partial charge in [-0.2, -0.15) is 0 Å². The van der Waals surface area contributed by atoms with Crippen molar-refractivity contribution in [1.82, 2.24) is 0 Å². The van der Waals surface area contributed by atoms with E-state index in [-0.39, 0.29) is 19.6 Å². The molecule has 1 fully saturated rings. The van der Waals surface area contributed by atoms with Gasteiger partial charge in [-0.05, 0) is 48.6 Å². The molecule has 0 aliphatic heterocycles. The molecular weight excluding hydrogens is 326 g/mol. The molecule has 1 aromatic rings.